The number of pyridine rings is 1. The SMILES string of the molecule is O=c1cc(/C(CC(c2ccccc2)c2ccc(Br)cc2)=N/O)cc[nH]1. The lowest BCUT2D eigenvalue weighted by Gasteiger charge is -2.19. The molecule has 0 aliphatic carbocycles. The Balaban J connectivity index is 2.00. The molecule has 1 aromatic heterocycles. The molecular weight excluding hydrogens is 380 g/mol. The van der Waals surface area contributed by atoms with Gasteiger partial charge in [0.1, 0.15) is 0 Å². The van der Waals surface area contributed by atoms with Gasteiger partial charge >= 0.3 is 0 Å². The van der Waals surface area contributed by atoms with Crippen molar-refractivity contribution >= 4 is 21.6 Å². The van der Waals surface area contributed by atoms with Gasteiger partial charge in [-0.3, -0.25) is 4.79 Å². The van der Waals surface area contributed by atoms with Crippen molar-refractivity contribution in [3.8, 4) is 0 Å². The number of nitrogens with one attached hydrogen (secondary N) is 1. The van der Waals surface area contributed by atoms with Crippen LogP contribution in [0.15, 0.2) is 87.3 Å². The third kappa shape index (κ3) is 4.25. The van der Waals surface area contributed by atoms with E-state index in [0.29, 0.717) is 17.7 Å². The van der Waals surface area contributed by atoms with Crippen molar-refractivity contribution < 1.29 is 5.21 Å². The molecule has 0 bridgehead atoms. The van der Waals surface area contributed by atoms with Crippen LogP contribution in [0.1, 0.15) is 29.0 Å². The summed E-state index contributed by atoms with van der Waals surface area (Å²) in [7, 11) is 0. The van der Waals surface area contributed by atoms with E-state index in [4.69, 9.17) is 0 Å². The lowest BCUT2D eigenvalue weighted by Crippen LogP contribution is -2.13. The van der Waals surface area contributed by atoms with Gasteiger partial charge in [0.15, 0.2) is 0 Å². The van der Waals surface area contributed by atoms with E-state index in [1.807, 2.05) is 30.3 Å². The molecule has 0 aliphatic heterocycles. The van der Waals surface area contributed by atoms with Crippen molar-refractivity contribution in [1.82, 2.24) is 4.98 Å². The van der Waals surface area contributed by atoms with Crippen molar-refractivity contribution in [3.63, 3.8) is 0 Å². The maximum atomic E-state index is 11.6. The molecule has 3 aromatic rings. The van der Waals surface area contributed by atoms with Crippen LogP contribution in [0.5, 0.6) is 0 Å². The van der Waals surface area contributed by atoms with E-state index in [0.717, 1.165) is 15.6 Å². The number of aromatic amines is 1. The molecule has 25 heavy (non-hydrogen) atoms. The summed E-state index contributed by atoms with van der Waals surface area (Å²) in [6.45, 7) is 0. The molecule has 4 nitrogen and oxygen atoms in total. The third-order valence-electron chi connectivity index (χ3n) is 4.10. The molecule has 0 spiro atoms. The molecule has 3 rings (SSSR count). The van der Waals surface area contributed by atoms with Crippen molar-refractivity contribution in [2.24, 2.45) is 5.16 Å². The van der Waals surface area contributed by atoms with Gasteiger partial charge in [-0.25, -0.2) is 0 Å². The van der Waals surface area contributed by atoms with Crippen LogP contribution in [0.25, 0.3) is 0 Å². The summed E-state index contributed by atoms with van der Waals surface area (Å²) in [6, 6.07) is 21.3. The van der Waals surface area contributed by atoms with Crippen LogP contribution in [0.4, 0.5) is 0 Å². The number of aromatic nitrogens is 1. The first-order valence-electron chi connectivity index (χ1n) is 7.88. The van der Waals surface area contributed by atoms with Gasteiger partial charge in [-0.1, -0.05) is 63.6 Å². The predicted molar refractivity (Wildman–Crippen MR) is 102 cm³/mol. The van der Waals surface area contributed by atoms with E-state index in [-0.39, 0.29) is 11.5 Å². The van der Waals surface area contributed by atoms with Crippen LogP contribution >= 0.6 is 15.9 Å². The number of nitrogens with zero attached hydrogens (tertiary/aromatic N) is 1. The van der Waals surface area contributed by atoms with E-state index < -0.39 is 0 Å². The van der Waals surface area contributed by atoms with Crippen LogP contribution in [0.3, 0.4) is 0 Å². The summed E-state index contributed by atoms with van der Waals surface area (Å²) >= 11 is 3.46. The smallest absolute Gasteiger partial charge is 0.248 e. The van der Waals surface area contributed by atoms with Crippen LogP contribution in [-0.4, -0.2) is 15.9 Å². The van der Waals surface area contributed by atoms with Crippen LogP contribution in [0, 0.1) is 0 Å². The highest BCUT2D eigenvalue weighted by molar-refractivity contribution is 9.10. The van der Waals surface area contributed by atoms with E-state index in [2.05, 4.69) is 50.3 Å². The second kappa shape index (κ2) is 7.94. The van der Waals surface area contributed by atoms with Gasteiger partial charge in [-0.15, -0.1) is 0 Å². The zero-order valence-electron chi connectivity index (χ0n) is 13.4. The number of rotatable bonds is 5. The summed E-state index contributed by atoms with van der Waals surface area (Å²) in [5.41, 5.74) is 3.10. The van der Waals surface area contributed by atoms with E-state index in [1.165, 1.54) is 6.07 Å². The Morgan fingerprint density at radius 2 is 1.72 bits per heavy atom. The molecule has 126 valence electrons. The van der Waals surface area contributed by atoms with E-state index >= 15 is 0 Å². The van der Waals surface area contributed by atoms with Crippen molar-refractivity contribution in [2.45, 2.75) is 12.3 Å². The quantitative estimate of drug-likeness (QED) is 0.377. The van der Waals surface area contributed by atoms with Gasteiger partial charge in [0.05, 0.1) is 5.71 Å². The molecule has 1 heterocycles. The zero-order valence-corrected chi connectivity index (χ0v) is 15.0. The fourth-order valence-electron chi connectivity index (χ4n) is 2.84. The average molecular weight is 397 g/mol. The number of hydrogen-bond acceptors (Lipinski definition) is 3. The fraction of sp³-hybridized carbons (Fsp3) is 0.100. The number of hydrogen-bond donors (Lipinski definition) is 2. The zero-order chi connectivity index (χ0) is 17.6. The van der Waals surface area contributed by atoms with E-state index in [1.54, 1.807) is 12.3 Å². The van der Waals surface area contributed by atoms with Gasteiger partial charge in [0, 0.05) is 34.6 Å². The lowest BCUT2D eigenvalue weighted by molar-refractivity contribution is 0.317. The Labute approximate surface area is 154 Å². The topological polar surface area (TPSA) is 65.4 Å². The number of benzene rings is 2. The van der Waals surface area contributed by atoms with Crippen LogP contribution in [0.2, 0.25) is 0 Å². The molecule has 0 fully saturated rings. The number of oxime groups is 1. The van der Waals surface area contributed by atoms with Gasteiger partial charge in [-0.05, 0) is 29.3 Å². The number of H-pyrrole nitrogens is 1. The van der Waals surface area contributed by atoms with Crippen molar-refractivity contribution in [3.05, 3.63) is 104 Å². The second-order valence-corrected chi connectivity index (χ2v) is 6.62. The van der Waals surface area contributed by atoms with E-state index in [9.17, 15) is 10.0 Å². The minimum absolute atomic E-state index is 0.0134. The highest BCUT2D eigenvalue weighted by Crippen LogP contribution is 2.30. The van der Waals surface area contributed by atoms with Crippen molar-refractivity contribution in [2.75, 3.05) is 0 Å². The van der Waals surface area contributed by atoms with Gasteiger partial charge < -0.3 is 10.2 Å². The molecule has 0 aliphatic rings. The Hall–Kier alpha value is -2.66. The molecule has 0 saturated carbocycles. The maximum Gasteiger partial charge on any atom is 0.248 e. The maximum absolute atomic E-state index is 11.6. The first-order chi connectivity index (χ1) is 12.2. The highest BCUT2D eigenvalue weighted by atomic mass is 79.9. The predicted octanol–water partition coefficient (Wildman–Crippen LogP) is 4.54. The average Bonchev–Trinajstić information content (AvgIpc) is 2.64. The molecule has 2 N–H and O–H groups in total. The van der Waals surface area contributed by atoms with Crippen molar-refractivity contribution in [1.29, 1.82) is 0 Å². The molecule has 0 radical (unpaired) electrons. The Morgan fingerprint density at radius 3 is 2.36 bits per heavy atom. The largest absolute Gasteiger partial charge is 0.411 e. The molecule has 0 saturated heterocycles. The van der Waals surface area contributed by atoms with Crippen LogP contribution < -0.4 is 5.56 Å². The van der Waals surface area contributed by atoms with Crippen LogP contribution in [-0.2, 0) is 0 Å². The summed E-state index contributed by atoms with van der Waals surface area (Å²) in [5.74, 6) is 0.0134. The van der Waals surface area contributed by atoms with Gasteiger partial charge in [0.25, 0.3) is 0 Å². The molecule has 1 atom stereocenters. The Morgan fingerprint density at radius 1 is 1.04 bits per heavy atom. The molecule has 1 unspecified atom stereocenters. The normalized spacial score (nSPS) is 12.8. The Bertz CT molecular complexity index is 918. The fourth-order valence-corrected chi connectivity index (χ4v) is 3.11. The summed E-state index contributed by atoms with van der Waals surface area (Å²) in [4.78, 5) is 14.2. The third-order valence-corrected chi connectivity index (χ3v) is 4.63. The van der Waals surface area contributed by atoms with Gasteiger partial charge in [0.2, 0.25) is 5.56 Å². The minimum atomic E-state index is -0.224. The molecule has 2 aromatic carbocycles. The summed E-state index contributed by atoms with van der Waals surface area (Å²) in [6.07, 6.45) is 2.03. The standard InChI is InChI=1S/C20H17BrN2O2/c21-17-8-6-15(7-9-17)18(14-4-2-1-3-5-14)13-19(23-25)16-10-11-22-20(24)12-16/h1-12,18,25H,13H2,(H,22,24)/b23-19+. The second-order valence-electron chi connectivity index (χ2n) is 5.71. The monoisotopic (exact) mass is 396 g/mol. The molecular formula is C20H17BrN2O2. The summed E-state index contributed by atoms with van der Waals surface area (Å²) < 4.78 is 1.01. The van der Waals surface area contributed by atoms with Gasteiger partial charge in [-0.2, -0.15) is 0 Å². The summed E-state index contributed by atoms with van der Waals surface area (Å²) in [5, 5.41) is 13.0. The molecule has 5 heteroatoms. The lowest BCUT2D eigenvalue weighted by atomic mass is 9.85. The Kier molecular flexibility index (Phi) is 5.46. The first kappa shape index (κ1) is 17.2. The first-order valence-corrected chi connectivity index (χ1v) is 8.67. The molecule has 0 amide bonds. The minimum Gasteiger partial charge on any atom is -0.411 e. The number of halogens is 1. The highest BCUT2D eigenvalue weighted by Gasteiger charge is 2.18.